The van der Waals surface area contributed by atoms with Gasteiger partial charge in [-0.1, -0.05) is 29.8 Å². The summed E-state index contributed by atoms with van der Waals surface area (Å²) in [5, 5.41) is 2.90. The summed E-state index contributed by atoms with van der Waals surface area (Å²) in [6.45, 7) is 4.40. The first-order valence-electron chi connectivity index (χ1n) is 7.91. The molecule has 0 radical (unpaired) electrons. The minimum absolute atomic E-state index is 0.0169. The Morgan fingerprint density at radius 3 is 2.73 bits per heavy atom. The van der Waals surface area contributed by atoms with E-state index in [4.69, 9.17) is 5.73 Å². The van der Waals surface area contributed by atoms with Crippen LogP contribution in [-0.4, -0.2) is 36.3 Å². The first kappa shape index (κ1) is 16.5. The van der Waals surface area contributed by atoms with Crippen LogP contribution in [0.1, 0.15) is 30.4 Å². The predicted molar refractivity (Wildman–Crippen MR) is 86.0 cm³/mol. The molecule has 3 N–H and O–H groups in total. The number of nitrogens with one attached hydrogen (secondary N) is 1. The van der Waals surface area contributed by atoms with E-state index in [1.165, 1.54) is 5.56 Å². The highest BCUT2D eigenvalue weighted by atomic mass is 16.2. The largest absolute Gasteiger partial charge is 0.356 e. The molecule has 120 valence electrons. The third kappa shape index (κ3) is 4.56. The van der Waals surface area contributed by atoms with Crippen LogP contribution in [-0.2, 0) is 16.1 Å². The lowest BCUT2D eigenvalue weighted by Crippen LogP contribution is -2.33. The Morgan fingerprint density at radius 1 is 1.32 bits per heavy atom. The number of amides is 2. The highest BCUT2D eigenvalue weighted by molar-refractivity contribution is 5.89. The Balaban J connectivity index is 1.82. The molecule has 1 aromatic rings. The van der Waals surface area contributed by atoms with Crippen LogP contribution in [0.4, 0.5) is 0 Å². The molecule has 1 aliphatic rings. The van der Waals surface area contributed by atoms with Crippen LogP contribution in [0.5, 0.6) is 0 Å². The van der Waals surface area contributed by atoms with Gasteiger partial charge >= 0.3 is 0 Å². The van der Waals surface area contributed by atoms with Gasteiger partial charge in [0.2, 0.25) is 11.8 Å². The summed E-state index contributed by atoms with van der Waals surface area (Å²) in [5.41, 5.74) is 7.72. The number of benzene rings is 1. The quantitative estimate of drug-likeness (QED) is 0.743. The summed E-state index contributed by atoms with van der Waals surface area (Å²) in [7, 11) is 0. The molecule has 0 saturated carbocycles. The van der Waals surface area contributed by atoms with Gasteiger partial charge in [0.1, 0.15) is 0 Å². The van der Waals surface area contributed by atoms with Gasteiger partial charge in [-0.15, -0.1) is 0 Å². The molecule has 1 aromatic carbocycles. The molecule has 1 unspecified atom stereocenters. The molecular weight excluding hydrogens is 278 g/mol. The lowest BCUT2D eigenvalue weighted by Gasteiger charge is -2.17. The van der Waals surface area contributed by atoms with E-state index in [1.54, 1.807) is 4.90 Å². The van der Waals surface area contributed by atoms with Crippen molar-refractivity contribution < 1.29 is 9.59 Å². The van der Waals surface area contributed by atoms with Crippen molar-refractivity contribution in [3.63, 3.8) is 0 Å². The van der Waals surface area contributed by atoms with Crippen molar-refractivity contribution in [1.29, 1.82) is 0 Å². The number of carbonyl (C=O) groups excluding carboxylic acids is 2. The Labute approximate surface area is 131 Å². The van der Waals surface area contributed by atoms with E-state index in [0.29, 0.717) is 32.6 Å². The zero-order valence-corrected chi connectivity index (χ0v) is 13.2. The number of hydrogen-bond acceptors (Lipinski definition) is 3. The van der Waals surface area contributed by atoms with Crippen LogP contribution in [0.25, 0.3) is 0 Å². The average Bonchev–Trinajstić information content (AvgIpc) is 2.87. The first-order valence-corrected chi connectivity index (χ1v) is 7.91. The topological polar surface area (TPSA) is 75.4 Å². The summed E-state index contributed by atoms with van der Waals surface area (Å²) < 4.78 is 0. The zero-order chi connectivity index (χ0) is 15.9. The smallest absolute Gasteiger partial charge is 0.225 e. The number of nitrogens with zero attached hydrogens (tertiary/aromatic N) is 1. The van der Waals surface area contributed by atoms with E-state index in [9.17, 15) is 9.59 Å². The average molecular weight is 303 g/mol. The van der Waals surface area contributed by atoms with Crippen LogP contribution in [0.2, 0.25) is 0 Å². The third-order valence-electron chi connectivity index (χ3n) is 4.01. The van der Waals surface area contributed by atoms with E-state index < -0.39 is 0 Å². The predicted octanol–water partition coefficient (Wildman–Crippen LogP) is 1.20. The van der Waals surface area contributed by atoms with E-state index in [-0.39, 0.29) is 17.7 Å². The molecule has 1 saturated heterocycles. The highest BCUT2D eigenvalue weighted by Gasteiger charge is 2.33. The molecule has 2 amide bonds. The fourth-order valence-electron chi connectivity index (χ4n) is 2.64. The van der Waals surface area contributed by atoms with Crippen LogP contribution in [0, 0.1) is 12.8 Å². The molecule has 0 bridgehead atoms. The molecular formula is C17H25N3O2. The van der Waals surface area contributed by atoms with Crippen molar-refractivity contribution in [2.24, 2.45) is 11.7 Å². The van der Waals surface area contributed by atoms with Crippen LogP contribution >= 0.6 is 0 Å². The second kappa shape index (κ2) is 7.94. The van der Waals surface area contributed by atoms with E-state index in [1.807, 2.05) is 31.2 Å². The number of carbonyl (C=O) groups is 2. The van der Waals surface area contributed by atoms with Gasteiger partial charge in [-0.3, -0.25) is 9.59 Å². The monoisotopic (exact) mass is 303 g/mol. The third-order valence-corrected chi connectivity index (χ3v) is 4.01. The van der Waals surface area contributed by atoms with Crippen molar-refractivity contribution in [3.05, 3.63) is 35.4 Å². The highest BCUT2D eigenvalue weighted by Crippen LogP contribution is 2.20. The van der Waals surface area contributed by atoms with Gasteiger partial charge in [-0.05, 0) is 31.9 Å². The number of nitrogens with two attached hydrogens (primary N) is 1. The number of likely N-dealkylation sites (tertiary alicyclic amines) is 1. The molecule has 1 aliphatic heterocycles. The van der Waals surface area contributed by atoms with Gasteiger partial charge in [0.25, 0.3) is 0 Å². The Hall–Kier alpha value is -1.88. The summed E-state index contributed by atoms with van der Waals surface area (Å²) in [6, 6.07) is 8.14. The van der Waals surface area contributed by atoms with Crippen molar-refractivity contribution >= 4 is 11.8 Å². The van der Waals surface area contributed by atoms with Gasteiger partial charge in [0.15, 0.2) is 0 Å². The van der Waals surface area contributed by atoms with Crippen molar-refractivity contribution in [1.82, 2.24) is 10.2 Å². The first-order chi connectivity index (χ1) is 10.6. The van der Waals surface area contributed by atoms with Gasteiger partial charge in [0, 0.05) is 26.1 Å². The molecule has 1 atom stereocenters. The summed E-state index contributed by atoms with van der Waals surface area (Å²) in [5.74, 6) is -0.185. The zero-order valence-electron chi connectivity index (χ0n) is 13.2. The maximum Gasteiger partial charge on any atom is 0.225 e. The normalized spacial score (nSPS) is 17.8. The molecule has 2 rings (SSSR count). The van der Waals surface area contributed by atoms with E-state index in [0.717, 1.165) is 18.4 Å². The summed E-state index contributed by atoms with van der Waals surface area (Å²) >= 11 is 0. The van der Waals surface area contributed by atoms with E-state index >= 15 is 0 Å². The van der Waals surface area contributed by atoms with Crippen molar-refractivity contribution in [2.45, 2.75) is 32.7 Å². The fourth-order valence-corrected chi connectivity index (χ4v) is 2.64. The maximum atomic E-state index is 12.1. The maximum absolute atomic E-state index is 12.1. The minimum atomic E-state index is -0.226. The summed E-state index contributed by atoms with van der Waals surface area (Å²) in [6.07, 6.45) is 2.11. The molecule has 1 heterocycles. The molecule has 0 aliphatic carbocycles. The standard InChI is InChI=1S/C17H25N3O2/c1-13-4-6-14(7-5-13)11-20-12-15(10-16(20)21)17(22)19-9-3-2-8-18/h4-7,15H,2-3,8-12,18H2,1H3,(H,19,22). The second-order valence-electron chi connectivity index (χ2n) is 5.95. The number of rotatable bonds is 7. The molecule has 0 aromatic heterocycles. The SMILES string of the molecule is Cc1ccc(CN2CC(C(=O)NCCCCN)CC2=O)cc1. The van der Waals surface area contributed by atoms with Crippen molar-refractivity contribution in [2.75, 3.05) is 19.6 Å². The minimum Gasteiger partial charge on any atom is -0.356 e. The molecule has 5 nitrogen and oxygen atoms in total. The Kier molecular flexibility index (Phi) is 5.95. The van der Waals surface area contributed by atoms with Crippen LogP contribution in [0.15, 0.2) is 24.3 Å². The number of unbranched alkanes of at least 4 members (excludes halogenated alkanes) is 1. The lowest BCUT2D eigenvalue weighted by molar-refractivity contribution is -0.129. The van der Waals surface area contributed by atoms with Crippen LogP contribution < -0.4 is 11.1 Å². The number of hydrogen-bond donors (Lipinski definition) is 2. The lowest BCUT2D eigenvalue weighted by atomic mass is 10.1. The molecule has 5 heteroatoms. The summed E-state index contributed by atoms with van der Waals surface area (Å²) in [4.78, 5) is 25.9. The van der Waals surface area contributed by atoms with Gasteiger partial charge in [-0.2, -0.15) is 0 Å². The van der Waals surface area contributed by atoms with Crippen molar-refractivity contribution in [3.8, 4) is 0 Å². The Morgan fingerprint density at radius 2 is 2.05 bits per heavy atom. The number of aryl methyl sites for hydroxylation is 1. The molecule has 0 spiro atoms. The molecule has 1 fully saturated rings. The van der Waals surface area contributed by atoms with Gasteiger partial charge in [-0.25, -0.2) is 0 Å². The fraction of sp³-hybridized carbons (Fsp3) is 0.529. The van der Waals surface area contributed by atoms with Gasteiger partial charge < -0.3 is 16.0 Å². The van der Waals surface area contributed by atoms with Crippen LogP contribution in [0.3, 0.4) is 0 Å². The Bertz CT molecular complexity index is 513. The van der Waals surface area contributed by atoms with Gasteiger partial charge in [0.05, 0.1) is 5.92 Å². The second-order valence-corrected chi connectivity index (χ2v) is 5.95. The molecule has 22 heavy (non-hydrogen) atoms. The van der Waals surface area contributed by atoms with E-state index in [2.05, 4.69) is 5.32 Å².